The summed E-state index contributed by atoms with van der Waals surface area (Å²) in [5.41, 5.74) is 2.16. The lowest BCUT2D eigenvalue weighted by Gasteiger charge is -2.08. The predicted octanol–water partition coefficient (Wildman–Crippen LogP) is 1.64. The summed E-state index contributed by atoms with van der Waals surface area (Å²) in [4.78, 5) is 4.58. The van der Waals surface area contributed by atoms with Crippen LogP contribution in [-0.4, -0.2) is 26.5 Å². The molecule has 1 aliphatic rings. The van der Waals surface area contributed by atoms with Crippen molar-refractivity contribution in [3.8, 4) is 0 Å². The molecule has 0 fully saturated rings. The summed E-state index contributed by atoms with van der Waals surface area (Å²) in [7, 11) is 0. The summed E-state index contributed by atoms with van der Waals surface area (Å²) in [6.45, 7) is 0.669. The second-order valence-corrected chi connectivity index (χ2v) is 4.83. The molecular weight excluding hydrogens is 208 g/mol. The first-order chi connectivity index (χ1) is 7.34. The summed E-state index contributed by atoms with van der Waals surface area (Å²) in [6, 6.07) is 8.10. The van der Waals surface area contributed by atoms with Gasteiger partial charge in [0, 0.05) is 5.75 Å². The zero-order valence-corrected chi connectivity index (χ0v) is 9.07. The smallest absolute Gasteiger partial charge is 0.119 e. The van der Waals surface area contributed by atoms with Gasteiger partial charge in [-0.25, -0.2) is 4.98 Å². The van der Waals surface area contributed by atoms with Gasteiger partial charge in [0.2, 0.25) is 0 Å². The first kappa shape index (κ1) is 9.24. The van der Waals surface area contributed by atoms with Crippen molar-refractivity contribution in [1.82, 2.24) is 9.55 Å². The van der Waals surface area contributed by atoms with Gasteiger partial charge in [-0.3, -0.25) is 0 Å². The molecule has 3 rings (SSSR count). The lowest BCUT2D eigenvalue weighted by Crippen LogP contribution is -2.16. The minimum absolute atomic E-state index is 0.256. The van der Waals surface area contributed by atoms with Crippen molar-refractivity contribution in [2.45, 2.75) is 18.4 Å². The number of aliphatic hydroxyl groups is 1. The van der Waals surface area contributed by atoms with Gasteiger partial charge in [-0.1, -0.05) is 12.1 Å². The molecule has 1 N–H and O–H groups in total. The van der Waals surface area contributed by atoms with Crippen molar-refractivity contribution in [1.29, 1.82) is 0 Å². The van der Waals surface area contributed by atoms with E-state index in [2.05, 4.69) is 15.6 Å². The number of fused-ring (bicyclic) bond motifs is 3. The van der Waals surface area contributed by atoms with Gasteiger partial charge in [-0.15, -0.1) is 0 Å². The van der Waals surface area contributed by atoms with Crippen LogP contribution in [-0.2, 0) is 12.3 Å². The number of aliphatic hydroxyl groups excluding tert-OH is 1. The fourth-order valence-electron chi connectivity index (χ4n) is 1.99. The van der Waals surface area contributed by atoms with Crippen molar-refractivity contribution < 1.29 is 5.11 Å². The molecule has 0 radical (unpaired) electrons. The van der Waals surface area contributed by atoms with Crippen molar-refractivity contribution in [2.75, 3.05) is 5.75 Å². The molecule has 78 valence electrons. The second-order valence-electron chi connectivity index (χ2n) is 3.80. The average molecular weight is 220 g/mol. The molecule has 1 aromatic carbocycles. The minimum Gasteiger partial charge on any atom is -0.390 e. The fraction of sp³-hybridized carbons (Fsp3) is 0.364. The molecule has 1 aliphatic heterocycles. The van der Waals surface area contributed by atoms with Crippen LogP contribution in [0.1, 0.15) is 5.82 Å². The molecule has 15 heavy (non-hydrogen) atoms. The van der Waals surface area contributed by atoms with Gasteiger partial charge in [0.15, 0.2) is 0 Å². The molecule has 2 heterocycles. The highest BCUT2D eigenvalue weighted by atomic mass is 32.2. The maximum absolute atomic E-state index is 9.74. The standard InChI is InChI=1S/C11H12N2OS/c14-8-5-13-10-4-2-1-3-9(10)12-11(13)7-15-6-8/h1-4,8,14H,5-7H2. The average Bonchev–Trinajstić information content (AvgIpc) is 2.47. The summed E-state index contributed by atoms with van der Waals surface area (Å²) in [6.07, 6.45) is -0.256. The first-order valence-corrected chi connectivity index (χ1v) is 6.20. The van der Waals surface area contributed by atoms with E-state index in [1.165, 1.54) is 0 Å². The quantitative estimate of drug-likeness (QED) is 0.733. The number of para-hydroxylation sites is 2. The Morgan fingerprint density at radius 3 is 3.20 bits per heavy atom. The third kappa shape index (κ3) is 1.54. The van der Waals surface area contributed by atoms with E-state index < -0.39 is 0 Å². The summed E-state index contributed by atoms with van der Waals surface area (Å²) in [5.74, 6) is 2.78. The van der Waals surface area contributed by atoms with Gasteiger partial charge >= 0.3 is 0 Å². The van der Waals surface area contributed by atoms with Crippen molar-refractivity contribution >= 4 is 22.8 Å². The molecule has 1 atom stereocenters. The molecule has 1 aromatic heterocycles. The minimum atomic E-state index is -0.256. The molecule has 0 aliphatic carbocycles. The van der Waals surface area contributed by atoms with Crippen LogP contribution in [0.15, 0.2) is 24.3 Å². The van der Waals surface area contributed by atoms with Gasteiger partial charge in [0.25, 0.3) is 0 Å². The Hall–Kier alpha value is -1.00. The zero-order valence-electron chi connectivity index (χ0n) is 8.26. The number of hydrogen-bond acceptors (Lipinski definition) is 3. The Morgan fingerprint density at radius 1 is 1.40 bits per heavy atom. The Bertz CT molecular complexity index is 494. The number of thioether (sulfide) groups is 1. The summed E-state index contributed by atoms with van der Waals surface area (Å²) in [5, 5.41) is 9.74. The number of rotatable bonds is 0. The first-order valence-electron chi connectivity index (χ1n) is 5.04. The van der Waals surface area contributed by atoms with Gasteiger partial charge in [-0.2, -0.15) is 11.8 Å². The van der Waals surface area contributed by atoms with Crippen LogP contribution in [0.3, 0.4) is 0 Å². The van der Waals surface area contributed by atoms with Crippen LogP contribution < -0.4 is 0 Å². The van der Waals surface area contributed by atoms with Gasteiger partial charge < -0.3 is 9.67 Å². The van der Waals surface area contributed by atoms with Crippen LogP contribution in [0.5, 0.6) is 0 Å². The van der Waals surface area contributed by atoms with E-state index in [0.29, 0.717) is 6.54 Å². The zero-order chi connectivity index (χ0) is 10.3. The summed E-state index contributed by atoms with van der Waals surface area (Å²) >= 11 is 1.75. The van der Waals surface area contributed by atoms with Crippen LogP contribution in [0, 0.1) is 0 Å². The second kappa shape index (κ2) is 3.54. The van der Waals surface area contributed by atoms with Crippen LogP contribution >= 0.6 is 11.8 Å². The highest BCUT2D eigenvalue weighted by molar-refractivity contribution is 7.98. The normalized spacial score (nSPS) is 21.3. The molecule has 2 aromatic rings. The molecule has 0 amide bonds. The molecule has 3 nitrogen and oxygen atoms in total. The molecule has 1 unspecified atom stereocenters. The van der Waals surface area contributed by atoms with E-state index in [1.54, 1.807) is 11.8 Å². The van der Waals surface area contributed by atoms with Gasteiger partial charge in [0.05, 0.1) is 29.4 Å². The number of imidazole rings is 1. The Kier molecular flexibility index (Phi) is 2.18. The number of hydrogen-bond donors (Lipinski definition) is 1. The van der Waals surface area contributed by atoms with Crippen LogP contribution in [0.2, 0.25) is 0 Å². The molecule has 0 bridgehead atoms. The number of benzene rings is 1. The molecule has 4 heteroatoms. The highest BCUT2D eigenvalue weighted by Gasteiger charge is 2.17. The van der Waals surface area contributed by atoms with Crippen LogP contribution in [0.4, 0.5) is 0 Å². The van der Waals surface area contributed by atoms with E-state index >= 15 is 0 Å². The van der Waals surface area contributed by atoms with E-state index in [-0.39, 0.29) is 6.10 Å². The third-order valence-electron chi connectivity index (χ3n) is 2.67. The Morgan fingerprint density at radius 2 is 2.27 bits per heavy atom. The lowest BCUT2D eigenvalue weighted by molar-refractivity contribution is 0.180. The topological polar surface area (TPSA) is 38.1 Å². The third-order valence-corrected chi connectivity index (χ3v) is 3.75. The maximum Gasteiger partial charge on any atom is 0.119 e. The largest absolute Gasteiger partial charge is 0.390 e. The van der Waals surface area contributed by atoms with E-state index in [1.807, 2.05) is 18.2 Å². The predicted molar refractivity (Wildman–Crippen MR) is 61.9 cm³/mol. The van der Waals surface area contributed by atoms with Crippen molar-refractivity contribution in [3.63, 3.8) is 0 Å². The van der Waals surface area contributed by atoms with Crippen LogP contribution in [0.25, 0.3) is 11.0 Å². The SMILES string of the molecule is OC1CSCc2nc3ccccc3n2C1. The van der Waals surface area contributed by atoms with Crippen molar-refractivity contribution in [2.24, 2.45) is 0 Å². The number of aromatic nitrogens is 2. The Balaban J connectivity index is 2.20. The molecule has 0 saturated heterocycles. The highest BCUT2D eigenvalue weighted by Crippen LogP contribution is 2.23. The number of nitrogens with zero attached hydrogens (tertiary/aromatic N) is 2. The van der Waals surface area contributed by atoms with E-state index in [9.17, 15) is 5.11 Å². The summed E-state index contributed by atoms with van der Waals surface area (Å²) < 4.78 is 2.14. The Labute approximate surface area is 92.1 Å². The monoisotopic (exact) mass is 220 g/mol. The van der Waals surface area contributed by atoms with E-state index in [4.69, 9.17) is 0 Å². The fourth-order valence-corrected chi connectivity index (χ4v) is 2.89. The lowest BCUT2D eigenvalue weighted by atomic mass is 10.3. The van der Waals surface area contributed by atoms with Gasteiger partial charge in [-0.05, 0) is 12.1 Å². The molecule has 0 saturated carbocycles. The molecule has 0 spiro atoms. The van der Waals surface area contributed by atoms with Gasteiger partial charge in [0.1, 0.15) is 5.82 Å². The maximum atomic E-state index is 9.74. The van der Waals surface area contributed by atoms with E-state index in [0.717, 1.165) is 28.4 Å². The molecular formula is C11H12N2OS. The van der Waals surface area contributed by atoms with Crippen molar-refractivity contribution in [3.05, 3.63) is 30.1 Å².